The Bertz CT molecular complexity index is 379. The predicted octanol–water partition coefficient (Wildman–Crippen LogP) is 0.549. The van der Waals surface area contributed by atoms with E-state index >= 15 is 0 Å². The molecule has 0 bridgehead atoms. The Morgan fingerprint density at radius 3 is 3.27 bits per heavy atom. The summed E-state index contributed by atoms with van der Waals surface area (Å²) < 4.78 is 0. The largest absolute Gasteiger partial charge is 0.311 e. The van der Waals surface area contributed by atoms with Crippen molar-refractivity contribution in [1.82, 2.24) is 10.3 Å². The third kappa shape index (κ3) is 1.33. The molecule has 0 aliphatic carbocycles. The molecule has 0 unspecified atom stereocenters. The van der Waals surface area contributed by atoms with Crippen LogP contribution in [0.25, 0.3) is 0 Å². The van der Waals surface area contributed by atoms with Gasteiger partial charge in [0.1, 0.15) is 0 Å². The molecule has 4 nitrogen and oxygen atoms in total. The summed E-state index contributed by atoms with van der Waals surface area (Å²) in [5, 5.41) is 3.37. The monoisotopic (exact) mass is 203 g/mol. The normalized spacial score (nSPS) is 29.6. The third-order valence-electron chi connectivity index (χ3n) is 3.23. The van der Waals surface area contributed by atoms with Crippen LogP contribution in [0.15, 0.2) is 24.5 Å². The topological polar surface area (TPSA) is 45.2 Å². The van der Waals surface area contributed by atoms with Gasteiger partial charge < -0.3 is 10.2 Å². The molecule has 3 heterocycles. The maximum absolute atomic E-state index is 11.8. The van der Waals surface area contributed by atoms with Gasteiger partial charge in [0.15, 0.2) is 0 Å². The molecule has 78 valence electrons. The molecule has 2 aliphatic heterocycles. The molecule has 3 rings (SSSR count). The van der Waals surface area contributed by atoms with E-state index in [1.165, 1.54) is 0 Å². The van der Waals surface area contributed by atoms with Crippen molar-refractivity contribution in [2.75, 3.05) is 11.4 Å². The summed E-state index contributed by atoms with van der Waals surface area (Å²) in [7, 11) is 0. The van der Waals surface area contributed by atoms with Gasteiger partial charge in [-0.1, -0.05) is 0 Å². The van der Waals surface area contributed by atoms with E-state index in [0.717, 1.165) is 18.7 Å². The molecule has 1 aromatic heterocycles. The van der Waals surface area contributed by atoms with Crippen LogP contribution in [0.5, 0.6) is 0 Å². The van der Waals surface area contributed by atoms with E-state index < -0.39 is 0 Å². The average Bonchev–Trinajstić information content (AvgIpc) is 2.78. The van der Waals surface area contributed by atoms with Crippen LogP contribution in [0.1, 0.15) is 12.8 Å². The highest BCUT2D eigenvalue weighted by atomic mass is 16.2. The van der Waals surface area contributed by atoms with Gasteiger partial charge in [0, 0.05) is 18.7 Å². The van der Waals surface area contributed by atoms with Crippen LogP contribution in [0.3, 0.4) is 0 Å². The number of fused-ring (bicyclic) bond motifs is 1. The van der Waals surface area contributed by atoms with Crippen molar-refractivity contribution >= 4 is 11.6 Å². The van der Waals surface area contributed by atoms with Gasteiger partial charge in [-0.2, -0.15) is 0 Å². The van der Waals surface area contributed by atoms with Crippen molar-refractivity contribution < 1.29 is 4.79 Å². The zero-order chi connectivity index (χ0) is 10.3. The molecule has 0 aromatic carbocycles. The number of aromatic nitrogens is 1. The van der Waals surface area contributed by atoms with Crippen molar-refractivity contribution in [1.29, 1.82) is 0 Å². The minimum Gasteiger partial charge on any atom is -0.311 e. The van der Waals surface area contributed by atoms with Crippen molar-refractivity contribution in [2.24, 2.45) is 0 Å². The first-order valence-corrected chi connectivity index (χ1v) is 5.32. The number of amides is 1. The first kappa shape index (κ1) is 8.85. The van der Waals surface area contributed by atoms with Gasteiger partial charge in [-0.05, 0) is 25.1 Å². The average molecular weight is 203 g/mol. The van der Waals surface area contributed by atoms with Gasteiger partial charge in [-0.3, -0.25) is 9.78 Å². The number of nitrogens with one attached hydrogen (secondary N) is 1. The molecule has 1 N–H and O–H groups in total. The Labute approximate surface area is 88.3 Å². The lowest BCUT2D eigenvalue weighted by Crippen LogP contribution is -2.35. The maximum atomic E-state index is 11.8. The minimum atomic E-state index is 0.213. The van der Waals surface area contributed by atoms with E-state index in [0.29, 0.717) is 18.5 Å². The fourth-order valence-electron chi connectivity index (χ4n) is 2.57. The van der Waals surface area contributed by atoms with E-state index in [2.05, 4.69) is 10.3 Å². The highest BCUT2D eigenvalue weighted by Gasteiger charge is 2.42. The van der Waals surface area contributed by atoms with E-state index in [4.69, 9.17) is 0 Å². The summed E-state index contributed by atoms with van der Waals surface area (Å²) >= 11 is 0. The van der Waals surface area contributed by atoms with E-state index in [-0.39, 0.29) is 5.91 Å². The molecule has 2 atom stereocenters. The number of hydrogen-bond acceptors (Lipinski definition) is 3. The molecular formula is C11H13N3O. The zero-order valence-corrected chi connectivity index (χ0v) is 8.39. The van der Waals surface area contributed by atoms with Crippen LogP contribution >= 0.6 is 0 Å². The van der Waals surface area contributed by atoms with Crippen LogP contribution in [0.4, 0.5) is 5.69 Å². The molecule has 0 radical (unpaired) electrons. The molecule has 4 heteroatoms. The molecule has 0 spiro atoms. The van der Waals surface area contributed by atoms with Crippen LogP contribution in [0, 0.1) is 0 Å². The van der Waals surface area contributed by atoms with Gasteiger partial charge in [0.05, 0.1) is 17.9 Å². The molecular weight excluding hydrogens is 190 g/mol. The fourth-order valence-corrected chi connectivity index (χ4v) is 2.57. The summed E-state index contributed by atoms with van der Waals surface area (Å²) in [5.41, 5.74) is 0.929. The van der Waals surface area contributed by atoms with Crippen LogP contribution in [-0.2, 0) is 4.79 Å². The summed E-state index contributed by atoms with van der Waals surface area (Å²) in [6.45, 7) is 1.01. The molecule has 2 aliphatic rings. The number of rotatable bonds is 1. The fraction of sp³-hybridized carbons (Fsp3) is 0.455. The quantitative estimate of drug-likeness (QED) is 0.725. The minimum absolute atomic E-state index is 0.213. The smallest absolute Gasteiger partial charge is 0.228 e. The summed E-state index contributed by atoms with van der Waals surface area (Å²) in [5.74, 6) is 0.213. The number of hydrogen-bond donors (Lipinski definition) is 1. The molecule has 1 aromatic rings. The van der Waals surface area contributed by atoms with Gasteiger partial charge in [0.25, 0.3) is 0 Å². The number of pyridine rings is 1. The second-order valence-electron chi connectivity index (χ2n) is 4.10. The highest BCUT2D eigenvalue weighted by Crippen LogP contribution is 2.30. The number of anilines is 1. The van der Waals surface area contributed by atoms with Gasteiger partial charge in [-0.25, -0.2) is 0 Å². The van der Waals surface area contributed by atoms with E-state index in [1.54, 1.807) is 12.4 Å². The van der Waals surface area contributed by atoms with Crippen LogP contribution < -0.4 is 10.2 Å². The van der Waals surface area contributed by atoms with Crippen LogP contribution in [-0.4, -0.2) is 29.5 Å². The highest BCUT2D eigenvalue weighted by molar-refractivity contribution is 5.97. The Morgan fingerprint density at radius 2 is 2.47 bits per heavy atom. The summed E-state index contributed by atoms with van der Waals surface area (Å²) in [6.07, 6.45) is 5.16. The predicted molar refractivity (Wildman–Crippen MR) is 56.5 cm³/mol. The third-order valence-corrected chi connectivity index (χ3v) is 3.23. The number of nitrogens with zero attached hydrogens (tertiary/aromatic N) is 2. The SMILES string of the molecule is O=C1C[C@@H]2NCC[C@H]2N1c1cccnc1. The second-order valence-corrected chi connectivity index (χ2v) is 4.10. The first-order valence-electron chi connectivity index (χ1n) is 5.32. The lowest BCUT2D eigenvalue weighted by Gasteiger charge is -2.22. The van der Waals surface area contributed by atoms with Crippen molar-refractivity contribution in [3.05, 3.63) is 24.5 Å². The molecule has 2 fully saturated rings. The second kappa shape index (κ2) is 3.31. The van der Waals surface area contributed by atoms with Crippen molar-refractivity contribution in [3.8, 4) is 0 Å². The lowest BCUT2D eigenvalue weighted by atomic mass is 10.1. The maximum Gasteiger partial charge on any atom is 0.228 e. The Balaban J connectivity index is 1.95. The Hall–Kier alpha value is -1.42. The summed E-state index contributed by atoms with van der Waals surface area (Å²) in [6, 6.07) is 4.50. The van der Waals surface area contributed by atoms with Crippen molar-refractivity contribution in [3.63, 3.8) is 0 Å². The number of carbonyl (C=O) groups is 1. The standard InChI is InChI=1S/C11H13N3O/c15-11-6-9-10(3-5-13-9)14(11)8-2-1-4-12-7-8/h1-2,4,7,9-10,13H,3,5-6H2/t9-,10+/m0/s1. The van der Waals surface area contributed by atoms with E-state index in [1.807, 2.05) is 17.0 Å². The number of carbonyl (C=O) groups excluding carboxylic acids is 1. The zero-order valence-electron chi connectivity index (χ0n) is 8.39. The molecule has 0 saturated carbocycles. The Morgan fingerprint density at radius 1 is 1.53 bits per heavy atom. The van der Waals surface area contributed by atoms with E-state index in [9.17, 15) is 4.79 Å². The van der Waals surface area contributed by atoms with Crippen LogP contribution in [0.2, 0.25) is 0 Å². The summed E-state index contributed by atoms with van der Waals surface area (Å²) in [4.78, 5) is 17.8. The molecule has 15 heavy (non-hydrogen) atoms. The molecule has 2 saturated heterocycles. The first-order chi connectivity index (χ1) is 7.36. The lowest BCUT2D eigenvalue weighted by molar-refractivity contribution is -0.117. The molecule has 1 amide bonds. The Kier molecular flexibility index (Phi) is 1.95. The van der Waals surface area contributed by atoms with Gasteiger partial charge >= 0.3 is 0 Å². The van der Waals surface area contributed by atoms with Gasteiger partial charge in [-0.15, -0.1) is 0 Å². The van der Waals surface area contributed by atoms with Gasteiger partial charge in [0.2, 0.25) is 5.91 Å². The van der Waals surface area contributed by atoms with Crippen molar-refractivity contribution in [2.45, 2.75) is 24.9 Å².